The Morgan fingerprint density at radius 3 is 2.15 bits per heavy atom. The Labute approximate surface area is 155 Å². The van der Waals surface area contributed by atoms with Gasteiger partial charge in [-0.1, -0.05) is 48.5 Å². The number of hydrogen-bond donors (Lipinski definition) is 2. The van der Waals surface area contributed by atoms with Crippen LogP contribution in [0, 0.1) is 0 Å². The Morgan fingerprint density at radius 1 is 1.00 bits per heavy atom. The normalized spacial score (nSPS) is 13.1. The van der Waals surface area contributed by atoms with E-state index in [0.29, 0.717) is 5.56 Å². The fourth-order valence-electron chi connectivity index (χ4n) is 2.66. The van der Waals surface area contributed by atoms with Crippen LogP contribution in [0.1, 0.15) is 36.5 Å². The number of carboxylic acids is 1. The van der Waals surface area contributed by atoms with Crippen LogP contribution in [0.4, 0.5) is 13.2 Å². The quantitative estimate of drug-likeness (QED) is 0.798. The lowest BCUT2D eigenvalue weighted by Gasteiger charge is -2.26. The van der Waals surface area contributed by atoms with E-state index in [1.165, 1.54) is 26.0 Å². The van der Waals surface area contributed by atoms with E-state index in [1.54, 1.807) is 30.3 Å². The molecule has 0 saturated carbocycles. The van der Waals surface area contributed by atoms with Crippen LogP contribution in [0.25, 0.3) is 0 Å². The van der Waals surface area contributed by atoms with Gasteiger partial charge in [0.05, 0.1) is 16.9 Å². The summed E-state index contributed by atoms with van der Waals surface area (Å²) in [4.78, 5) is 24.1. The molecular formula is C20H20F3NO3. The molecule has 2 N–H and O–H groups in total. The summed E-state index contributed by atoms with van der Waals surface area (Å²) in [7, 11) is 0. The number of carbonyl (C=O) groups excluding carboxylic acids is 1. The number of benzene rings is 2. The van der Waals surface area contributed by atoms with Crippen LogP contribution in [0.2, 0.25) is 0 Å². The summed E-state index contributed by atoms with van der Waals surface area (Å²) < 4.78 is 38.8. The van der Waals surface area contributed by atoms with Crippen molar-refractivity contribution >= 4 is 11.9 Å². The van der Waals surface area contributed by atoms with Gasteiger partial charge in [-0.3, -0.25) is 9.59 Å². The summed E-state index contributed by atoms with van der Waals surface area (Å²) in [6.45, 7) is 2.83. The molecule has 0 heterocycles. The van der Waals surface area contributed by atoms with Crippen molar-refractivity contribution in [3.63, 3.8) is 0 Å². The van der Waals surface area contributed by atoms with E-state index >= 15 is 0 Å². The van der Waals surface area contributed by atoms with Crippen molar-refractivity contribution in [2.75, 3.05) is 6.54 Å². The first-order valence-electron chi connectivity index (χ1n) is 8.27. The maximum Gasteiger partial charge on any atom is 0.416 e. The predicted octanol–water partition coefficient (Wildman–Crippen LogP) is 3.97. The first kappa shape index (κ1) is 20.5. The highest BCUT2D eigenvalue weighted by Crippen LogP contribution is 2.33. The standard InChI is InChI=1S/C20H20F3NO3/c1-19(2,14-9-6-10-15(11-14)20(21,22)23)18(27)24-12-16(17(25)26)13-7-4-3-5-8-13/h3-11,16H,12H2,1-2H3,(H,24,27)(H,25,26). The maximum atomic E-state index is 12.9. The van der Waals surface area contributed by atoms with Crippen LogP contribution in [0.15, 0.2) is 54.6 Å². The van der Waals surface area contributed by atoms with Crippen molar-refractivity contribution in [2.24, 2.45) is 0 Å². The molecule has 1 unspecified atom stereocenters. The van der Waals surface area contributed by atoms with Gasteiger partial charge in [0.1, 0.15) is 0 Å². The topological polar surface area (TPSA) is 66.4 Å². The lowest BCUT2D eigenvalue weighted by Crippen LogP contribution is -2.42. The fraction of sp³-hybridized carbons (Fsp3) is 0.300. The van der Waals surface area contributed by atoms with Crippen molar-refractivity contribution in [1.82, 2.24) is 5.32 Å². The van der Waals surface area contributed by atoms with E-state index in [4.69, 9.17) is 0 Å². The predicted molar refractivity (Wildman–Crippen MR) is 94.3 cm³/mol. The molecule has 1 atom stereocenters. The van der Waals surface area contributed by atoms with E-state index in [9.17, 15) is 27.9 Å². The van der Waals surface area contributed by atoms with Crippen molar-refractivity contribution in [3.05, 3.63) is 71.3 Å². The molecule has 0 aliphatic heterocycles. The minimum absolute atomic E-state index is 0.166. The zero-order chi connectivity index (χ0) is 20.2. The summed E-state index contributed by atoms with van der Waals surface area (Å²) >= 11 is 0. The highest BCUT2D eigenvalue weighted by Gasteiger charge is 2.35. The lowest BCUT2D eigenvalue weighted by molar-refractivity contribution is -0.139. The molecule has 2 aromatic carbocycles. The summed E-state index contributed by atoms with van der Waals surface area (Å²) in [6, 6.07) is 13.0. The number of alkyl halides is 3. The van der Waals surface area contributed by atoms with Gasteiger partial charge in [0, 0.05) is 6.54 Å². The smallest absolute Gasteiger partial charge is 0.416 e. The monoisotopic (exact) mass is 379 g/mol. The van der Waals surface area contributed by atoms with Gasteiger partial charge in [0.25, 0.3) is 0 Å². The van der Waals surface area contributed by atoms with Gasteiger partial charge in [-0.05, 0) is 31.0 Å². The van der Waals surface area contributed by atoms with Gasteiger partial charge in [0.15, 0.2) is 0 Å². The number of carbonyl (C=O) groups is 2. The Balaban J connectivity index is 2.17. The molecule has 0 spiro atoms. The average Bonchev–Trinajstić information content (AvgIpc) is 2.61. The van der Waals surface area contributed by atoms with Crippen molar-refractivity contribution in [1.29, 1.82) is 0 Å². The second kappa shape index (κ2) is 7.82. The number of carboxylic acid groups (broad SMARTS) is 1. The summed E-state index contributed by atoms with van der Waals surface area (Å²) in [5.74, 6) is -2.60. The van der Waals surface area contributed by atoms with Crippen molar-refractivity contribution in [2.45, 2.75) is 31.4 Å². The molecule has 0 aliphatic carbocycles. The Hall–Kier alpha value is -2.83. The summed E-state index contributed by atoms with van der Waals surface area (Å²) in [5.41, 5.74) is -1.38. The van der Waals surface area contributed by atoms with Gasteiger partial charge in [-0.15, -0.1) is 0 Å². The minimum Gasteiger partial charge on any atom is -0.481 e. The first-order chi connectivity index (χ1) is 12.5. The second-order valence-electron chi connectivity index (χ2n) is 6.72. The zero-order valence-corrected chi connectivity index (χ0v) is 14.9. The molecule has 2 aromatic rings. The maximum absolute atomic E-state index is 12.9. The number of rotatable bonds is 6. The van der Waals surface area contributed by atoms with E-state index in [0.717, 1.165) is 12.1 Å². The SMILES string of the molecule is CC(C)(C(=O)NCC(C(=O)O)c1ccccc1)c1cccc(C(F)(F)F)c1. The first-order valence-corrected chi connectivity index (χ1v) is 8.27. The van der Waals surface area contributed by atoms with Gasteiger partial charge < -0.3 is 10.4 Å². The molecule has 27 heavy (non-hydrogen) atoms. The Bertz CT molecular complexity index is 817. The number of aliphatic carboxylic acids is 1. The lowest BCUT2D eigenvalue weighted by atomic mass is 9.82. The van der Waals surface area contributed by atoms with Crippen LogP contribution in [-0.4, -0.2) is 23.5 Å². The van der Waals surface area contributed by atoms with E-state index < -0.39 is 34.9 Å². The largest absolute Gasteiger partial charge is 0.481 e. The van der Waals surface area contributed by atoms with E-state index in [1.807, 2.05) is 0 Å². The van der Waals surface area contributed by atoms with Crippen molar-refractivity contribution < 1.29 is 27.9 Å². The molecule has 4 nitrogen and oxygen atoms in total. The van der Waals surface area contributed by atoms with Crippen LogP contribution in [-0.2, 0) is 21.2 Å². The van der Waals surface area contributed by atoms with Crippen LogP contribution in [0.3, 0.4) is 0 Å². The number of nitrogens with one attached hydrogen (secondary N) is 1. The molecule has 0 aliphatic rings. The second-order valence-corrected chi connectivity index (χ2v) is 6.72. The molecule has 0 aromatic heterocycles. The van der Waals surface area contributed by atoms with Crippen LogP contribution < -0.4 is 5.32 Å². The van der Waals surface area contributed by atoms with Gasteiger partial charge in [-0.25, -0.2) is 0 Å². The van der Waals surface area contributed by atoms with Gasteiger partial charge in [-0.2, -0.15) is 13.2 Å². The third kappa shape index (κ3) is 4.87. The van der Waals surface area contributed by atoms with Crippen LogP contribution >= 0.6 is 0 Å². The average molecular weight is 379 g/mol. The molecule has 0 saturated heterocycles. The number of hydrogen-bond acceptors (Lipinski definition) is 2. The highest BCUT2D eigenvalue weighted by molar-refractivity contribution is 5.88. The molecule has 0 bridgehead atoms. The van der Waals surface area contributed by atoms with Crippen LogP contribution in [0.5, 0.6) is 0 Å². The molecule has 0 radical (unpaired) electrons. The molecule has 7 heteroatoms. The fourth-order valence-corrected chi connectivity index (χ4v) is 2.66. The van der Waals surface area contributed by atoms with Gasteiger partial charge in [0.2, 0.25) is 5.91 Å². The van der Waals surface area contributed by atoms with E-state index in [-0.39, 0.29) is 12.1 Å². The molecular weight excluding hydrogens is 359 g/mol. The molecule has 0 fully saturated rings. The molecule has 1 amide bonds. The Kier molecular flexibility index (Phi) is 5.93. The Morgan fingerprint density at radius 2 is 1.59 bits per heavy atom. The number of amides is 1. The van der Waals surface area contributed by atoms with E-state index in [2.05, 4.69) is 5.32 Å². The van der Waals surface area contributed by atoms with Crippen molar-refractivity contribution in [3.8, 4) is 0 Å². The summed E-state index contributed by atoms with van der Waals surface area (Å²) in [5, 5.41) is 12.0. The summed E-state index contributed by atoms with van der Waals surface area (Å²) in [6.07, 6.45) is -4.51. The molecule has 2 rings (SSSR count). The highest BCUT2D eigenvalue weighted by atomic mass is 19.4. The number of halogens is 3. The molecule has 144 valence electrons. The van der Waals surface area contributed by atoms with Gasteiger partial charge >= 0.3 is 12.1 Å². The third-order valence-corrected chi connectivity index (χ3v) is 4.45. The minimum atomic E-state index is -4.51. The third-order valence-electron chi connectivity index (χ3n) is 4.45. The zero-order valence-electron chi connectivity index (χ0n) is 14.9.